The summed E-state index contributed by atoms with van der Waals surface area (Å²) in [7, 11) is 0. The molecule has 0 spiro atoms. The van der Waals surface area contributed by atoms with Crippen molar-refractivity contribution in [2.75, 3.05) is 0 Å². The fourth-order valence-electron chi connectivity index (χ4n) is 21.4. The number of rotatable bonds is 10. The maximum Gasteiger partial charge on any atom is 0.299 e. The number of amides is 3. The molecule has 11 heteroatoms. The van der Waals surface area contributed by atoms with Gasteiger partial charge < -0.3 is 19.6 Å². The van der Waals surface area contributed by atoms with Crippen LogP contribution in [0.5, 0.6) is 0 Å². The van der Waals surface area contributed by atoms with E-state index in [0.29, 0.717) is 37.1 Å². The van der Waals surface area contributed by atoms with E-state index < -0.39 is 5.67 Å². The van der Waals surface area contributed by atoms with Crippen LogP contribution in [0.1, 0.15) is 203 Å². The fourth-order valence-corrected chi connectivity index (χ4v) is 21.4. The Balaban J connectivity index is 0.000000111. The zero-order valence-corrected chi connectivity index (χ0v) is 62.5. The second-order valence-electron chi connectivity index (χ2n) is 32.4. The van der Waals surface area contributed by atoms with E-state index >= 15 is 0 Å². The van der Waals surface area contributed by atoms with Gasteiger partial charge in [0.05, 0.1) is 29.9 Å². The maximum absolute atomic E-state index is 14.2. The van der Waals surface area contributed by atoms with Crippen molar-refractivity contribution in [2.24, 2.45) is 17.3 Å². The van der Waals surface area contributed by atoms with Crippen LogP contribution in [-0.2, 0) is 40.1 Å². The molecule has 2 bridgehead atoms. The quantitative estimate of drug-likeness (QED) is 0.101. The van der Waals surface area contributed by atoms with Crippen molar-refractivity contribution in [3.8, 4) is 48.9 Å². The van der Waals surface area contributed by atoms with Crippen molar-refractivity contribution in [1.82, 2.24) is 19.6 Å². The van der Waals surface area contributed by atoms with E-state index in [9.17, 15) is 31.9 Å². The molecule has 4 heterocycles. The third-order valence-electron chi connectivity index (χ3n) is 26.0. The monoisotopic (exact) mass is 1450 g/mol. The second-order valence-corrected chi connectivity index (χ2v) is 32.4. The van der Waals surface area contributed by atoms with Crippen LogP contribution in [0.4, 0.5) is 17.6 Å². The first-order chi connectivity index (χ1) is 52.9. The number of carbonyl (C=O) groups is 3. The Bertz CT molecular complexity index is 5130. The largest absolute Gasteiger partial charge is 0.351 e. The number of unbranched alkanes of at least 4 members (excludes halogenated alkanes) is 1. The van der Waals surface area contributed by atoms with Crippen molar-refractivity contribution < 1.29 is 31.9 Å². The summed E-state index contributed by atoms with van der Waals surface area (Å²) in [5.41, 5.74) is 24.3. The highest BCUT2D eigenvalue weighted by Gasteiger charge is 2.74. The van der Waals surface area contributed by atoms with Crippen LogP contribution < -0.4 is 0 Å². The molecule has 0 N–H and O–H groups in total. The number of halogens is 4. The third-order valence-corrected chi connectivity index (χ3v) is 26.0. The van der Waals surface area contributed by atoms with Gasteiger partial charge in [-0.1, -0.05) is 184 Å². The Morgan fingerprint density at radius 1 is 0.477 bits per heavy atom. The highest BCUT2D eigenvalue weighted by Crippen LogP contribution is 2.74. The van der Waals surface area contributed by atoms with Crippen molar-refractivity contribution in [1.29, 1.82) is 0 Å². The van der Waals surface area contributed by atoms with Crippen molar-refractivity contribution in [3.05, 3.63) is 283 Å². The summed E-state index contributed by atoms with van der Waals surface area (Å²) in [5.74, 6) is 12.8. The minimum Gasteiger partial charge on any atom is -0.351 e. The van der Waals surface area contributed by atoms with Gasteiger partial charge in [0.2, 0.25) is 0 Å². The lowest BCUT2D eigenvalue weighted by Crippen LogP contribution is -2.74. The van der Waals surface area contributed by atoms with Crippen LogP contribution in [0.2, 0.25) is 0 Å². The molecule has 5 saturated carbocycles. The van der Waals surface area contributed by atoms with Crippen LogP contribution >= 0.6 is 0 Å². The van der Waals surface area contributed by atoms with E-state index in [1.54, 1.807) is 36.4 Å². The molecule has 7 aromatic carbocycles. The molecule has 20 rings (SSSR count). The van der Waals surface area contributed by atoms with Crippen LogP contribution in [-0.4, -0.2) is 73.2 Å². The highest BCUT2D eigenvalue weighted by molar-refractivity contribution is 5.97. The minimum absolute atomic E-state index is 0.0233. The van der Waals surface area contributed by atoms with Gasteiger partial charge in [0.15, 0.2) is 0 Å². The van der Waals surface area contributed by atoms with Gasteiger partial charge in [-0.3, -0.25) is 14.4 Å². The first-order valence-corrected chi connectivity index (χ1v) is 39.4. The summed E-state index contributed by atoms with van der Waals surface area (Å²) in [6, 6.07) is 54.6. The topological polar surface area (TPSA) is 64.2 Å². The molecule has 0 radical (unpaired) electrons. The van der Waals surface area contributed by atoms with Crippen molar-refractivity contribution >= 4 is 40.0 Å². The molecule has 13 aliphatic rings. The average Bonchev–Trinajstić information content (AvgIpc) is 1.38. The molecular weight excluding hydrogens is 1360 g/mol. The average molecular weight is 1450 g/mol. The number of hydrogen-bond acceptors (Lipinski definition) is 4. The predicted molar refractivity (Wildman–Crippen MR) is 425 cm³/mol. The number of nitrogens with zero attached hydrogens (tertiary/aromatic N) is 4. The number of benzene rings is 7. The zero-order chi connectivity index (χ0) is 75.6. The number of hydrogen-bond donors (Lipinski definition) is 0. The molecule has 109 heavy (non-hydrogen) atoms. The number of terminal acetylenes is 3. The normalized spacial score (nSPS) is 26.0. The molecule has 0 unspecified atom stereocenters. The van der Waals surface area contributed by atoms with E-state index in [2.05, 4.69) is 152 Å². The zero-order valence-electron chi connectivity index (χ0n) is 62.5. The summed E-state index contributed by atoms with van der Waals surface area (Å²) < 4.78 is 55.1. The van der Waals surface area contributed by atoms with Gasteiger partial charge in [0, 0.05) is 29.6 Å². The second kappa shape index (κ2) is 29.8. The summed E-state index contributed by atoms with van der Waals surface area (Å²) in [4.78, 5) is 46.5. The van der Waals surface area contributed by atoms with Gasteiger partial charge in [-0.15, -0.1) is 19.3 Å². The molecule has 9 aliphatic carbocycles. The minimum atomic E-state index is -0.974. The summed E-state index contributed by atoms with van der Waals surface area (Å²) in [5, 5.41) is 0. The van der Waals surface area contributed by atoms with Gasteiger partial charge in [-0.05, 0) is 288 Å². The van der Waals surface area contributed by atoms with Crippen LogP contribution in [0.25, 0.3) is 22.3 Å². The van der Waals surface area contributed by atoms with Crippen LogP contribution in [0.3, 0.4) is 0 Å². The number of carbonyl (C=O) groups excluding carboxylic acids is 3. The molecular formula is C98H92F4N4O3. The smallest absolute Gasteiger partial charge is 0.299 e. The van der Waals surface area contributed by atoms with Crippen LogP contribution in [0, 0.1) is 83.6 Å². The molecule has 550 valence electrons. The van der Waals surface area contributed by atoms with E-state index in [0.717, 1.165) is 106 Å². The molecule has 4 aliphatic heterocycles. The molecule has 0 aromatic heterocycles. The number of alkyl halides is 1. The SMILES string of the molecule is C#CC(=O)N1[C@@H](C)CC2=C(Cc3ccccc32)[C@@H]1C12CC(F)(C1)C2.C#CC(=O)N1[C@@H](c2ccc(F)cc2)C2=C(C[C@@H]1C1CC1)c1ccccc1C2.C#CC(=O)N1[C@@H](c2ccc(F)cc2)C2=C(C[C@@H]1C1CCCC1)c1ccccc1C2.C=C(C#CC)N1[C@@H](CCCC)CC2=C(Cc3ccccc32)[C@@H]1c1ccc(F)cc1. The summed E-state index contributed by atoms with van der Waals surface area (Å²) in [6.45, 7) is 10.5. The van der Waals surface area contributed by atoms with Crippen molar-refractivity contribution in [2.45, 2.75) is 203 Å². The molecule has 7 nitrogen and oxygen atoms in total. The Hall–Kier alpha value is -10.6. The Kier molecular flexibility index (Phi) is 19.8. The lowest BCUT2D eigenvalue weighted by atomic mass is 9.38. The summed E-state index contributed by atoms with van der Waals surface area (Å²) in [6.07, 6.45) is 35.9. The van der Waals surface area contributed by atoms with Gasteiger partial charge in [-0.2, -0.15) is 0 Å². The van der Waals surface area contributed by atoms with Crippen LogP contribution in [0.15, 0.2) is 204 Å². The first-order valence-electron chi connectivity index (χ1n) is 39.4. The number of allylic oxidation sites excluding steroid dienone is 1. The standard InChI is InChI=1S/C27H28FN.C26H24FNO.C24H20FNO.C21H20FNO/c1-4-6-11-23-18-25-24-12-8-7-10-21(24)17-26(25)27(29(23)19(3)9-5-2)20-13-15-22(28)16-14-20;1-2-25(29)28-24(17-7-3-4-8-17)16-22-21-10-6-5-9-19(21)15-23(22)26(28)18-11-13-20(27)14-12-18;1-2-23(27)26-22(15-7-8-15)14-20-19-6-4-3-5-17(19)13-21(20)24(26)16-9-11-18(25)12-10-16;1-3-18(24)23-13(2)8-16-15-7-5-4-6-14(15)9-17(16)19(23)20-10-21(22,11-20)12-20/h7-8,10,12-16,23,27H,3-4,6,11,17-18H2,1-2H3;1,5-6,9-14,17,24,26H,3-4,7-8,15-16H2;1,3-6,9-12,15,22,24H,7-8,13-14H2;1,4-7,13,19H,8-12H2,2H3/t23-,27-;24-,26+;22-,24+;13-,19+,20?,21?/m0110/s1. The van der Waals surface area contributed by atoms with Crippen molar-refractivity contribution in [3.63, 3.8) is 0 Å². The van der Waals surface area contributed by atoms with E-state index in [-0.39, 0.29) is 82.9 Å². The van der Waals surface area contributed by atoms with Gasteiger partial charge in [0.25, 0.3) is 17.7 Å². The molecule has 0 saturated heterocycles. The lowest BCUT2D eigenvalue weighted by molar-refractivity contribution is -0.240. The molecule has 8 atom stereocenters. The van der Waals surface area contributed by atoms with Gasteiger partial charge >= 0.3 is 0 Å². The Morgan fingerprint density at radius 3 is 1.21 bits per heavy atom. The first kappa shape index (κ1) is 72.6. The molecule has 7 aromatic rings. The fraction of sp³-hybridized carbons (Fsp3) is 0.357. The maximum atomic E-state index is 14.2. The third kappa shape index (κ3) is 13.3. The Morgan fingerprint density at radius 2 is 0.835 bits per heavy atom. The van der Waals surface area contributed by atoms with E-state index in [1.165, 1.54) is 139 Å². The summed E-state index contributed by atoms with van der Waals surface area (Å²) >= 11 is 0. The van der Waals surface area contributed by atoms with Gasteiger partial charge in [0.1, 0.15) is 23.1 Å². The van der Waals surface area contributed by atoms with E-state index in [4.69, 9.17) is 19.3 Å². The van der Waals surface area contributed by atoms with Gasteiger partial charge in [-0.25, -0.2) is 17.6 Å². The predicted octanol–water partition coefficient (Wildman–Crippen LogP) is 20.0. The molecule has 3 amide bonds. The van der Waals surface area contributed by atoms with E-state index in [1.807, 2.05) is 33.8 Å². The number of fused-ring (bicyclic) bond motifs is 8. The highest BCUT2D eigenvalue weighted by atomic mass is 19.1. The Labute approximate surface area is 640 Å². The lowest BCUT2D eigenvalue weighted by Gasteiger charge is -2.71. The molecule has 5 fully saturated rings.